The highest BCUT2D eigenvalue weighted by Gasteiger charge is 2.33. The third-order valence-corrected chi connectivity index (χ3v) is 8.99. The molecule has 15 N–H and O–H groups in total. The van der Waals surface area contributed by atoms with Crippen molar-refractivity contribution < 1.29 is 48.7 Å². The van der Waals surface area contributed by atoms with Crippen LogP contribution in [0.25, 0.3) is 11.1 Å². The van der Waals surface area contributed by atoms with Crippen LogP contribution in [-0.4, -0.2) is 113 Å². The summed E-state index contributed by atoms with van der Waals surface area (Å²) in [6, 6.07) is 10.9. The largest absolute Gasteiger partial charge is 0.475 e. The third kappa shape index (κ3) is 17.0. The first-order valence-corrected chi connectivity index (χ1v) is 19.2. The number of carbonyl (C=O) groups is 7. The summed E-state index contributed by atoms with van der Waals surface area (Å²) in [6.45, 7) is 4.84. The lowest BCUT2D eigenvalue weighted by Gasteiger charge is -2.26. The van der Waals surface area contributed by atoms with Gasteiger partial charge in [-0.05, 0) is 81.3 Å². The van der Waals surface area contributed by atoms with Crippen LogP contribution in [0.4, 0.5) is 0 Å². The molecule has 0 radical (unpaired) electrons. The van der Waals surface area contributed by atoms with Crippen molar-refractivity contribution in [2.45, 2.75) is 108 Å². The highest BCUT2D eigenvalue weighted by atomic mass is 16.4. The van der Waals surface area contributed by atoms with Gasteiger partial charge in [0.25, 0.3) is 11.8 Å². The van der Waals surface area contributed by atoms with Crippen LogP contribution >= 0.6 is 0 Å². The monoisotopic (exact) mass is 811 g/mol. The van der Waals surface area contributed by atoms with Crippen LogP contribution in [0.1, 0.15) is 81.6 Å². The van der Waals surface area contributed by atoms with E-state index in [1.807, 2.05) is 24.3 Å². The summed E-state index contributed by atoms with van der Waals surface area (Å²) in [7, 11) is -1.96. The van der Waals surface area contributed by atoms with Crippen LogP contribution in [0, 0.1) is 0 Å². The van der Waals surface area contributed by atoms with E-state index in [1.54, 1.807) is 12.1 Å². The summed E-state index contributed by atoms with van der Waals surface area (Å²) in [5, 5.41) is 42.9. The Morgan fingerprint density at radius 1 is 0.741 bits per heavy atom. The molecule has 0 aliphatic heterocycles. The number of primary amides is 1. The fraction of sp³-hybridized carbons (Fsp3) is 0.500. The molecule has 0 fully saturated rings. The number of hydrogen-bond donors (Lipinski definition) is 12. The molecule has 0 aliphatic carbocycles. The molecule has 0 spiro atoms. The van der Waals surface area contributed by atoms with Crippen molar-refractivity contribution in [1.29, 1.82) is 0 Å². The summed E-state index contributed by atoms with van der Waals surface area (Å²) < 4.78 is 0. The lowest BCUT2D eigenvalue weighted by molar-refractivity contribution is -0.136. The number of nitrogens with one attached hydrogen (secondary N) is 6. The van der Waals surface area contributed by atoms with Gasteiger partial charge in [-0.1, -0.05) is 49.7 Å². The van der Waals surface area contributed by atoms with E-state index in [-0.39, 0.29) is 19.4 Å². The minimum atomic E-state index is -1.96. The second kappa shape index (κ2) is 25.1. The number of unbranched alkanes of at least 4 members (excludes halogenated alkanes) is 2. The second-order valence-corrected chi connectivity index (χ2v) is 13.9. The van der Waals surface area contributed by atoms with Gasteiger partial charge in [-0.25, -0.2) is 0 Å². The Balaban J connectivity index is 1.99. The first kappa shape index (κ1) is 48.7. The maximum Gasteiger partial charge on any atom is 0.475 e. The topological polar surface area (TPSA) is 330 Å². The molecule has 7 amide bonds. The number of aryl methyl sites for hydroxylation is 1. The molecule has 318 valence electrons. The zero-order valence-corrected chi connectivity index (χ0v) is 33.2. The molecule has 2 unspecified atom stereocenters. The molecule has 58 heavy (non-hydrogen) atoms. The molecular weight excluding hydrogens is 753 g/mol. The van der Waals surface area contributed by atoms with Crippen LogP contribution in [-0.2, 0) is 35.2 Å². The zero-order chi connectivity index (χ0) is 43.4. The SMILES string of the molecule is CCCCc1ccc(-c2ccc(C(=O)NCCC(=O)N[C@@H](CCCCN)C(=O)N[C@H](C(=O)N[C@@H](N)C(=O)NC(CC(N)=O)C(=O)N[C@H](C)B(O)O)C(C)O)cc2)cc1. The first-order chi connectivity index (χ1) is 27.5. The van der Waals surface area contributed by atoms with Crippen molar-refractivity contribution >= 4 is 48.5 Å². The molecule has 2 aromatic rings. The average molecular weight is 812 g/mol. The Hall–Kier alpha value is -5.41. The third-order valence-electron chi connectivity index (χ3n) is 8.99. The molecule has 20 heteroatoms. The molecule has 0 saturated carbocycles. The van der Waals surface area contributed by atoms with E-state index in [0.717, 1.165) is 30.4 Å². The van der Waals surface area contributed by atoms with E-state index >= 15 is 0 Å². The summed E-state index contributed by atoms with van der Waals surface area (Å²) in [5.74, 6) is -7.29. The van der Waals surface area contributed by atoms with E-state index in [2.05, 4.69) is 51.0 Å². The molecule has 19 nitrogen and oxygen atoms in total. The van der Waals surface area contributed by atoms with Crippen molar-refractivity contribution in [2.75, 3.05) is 13.1 Å². The van der Waals surface area contributed by atoms with Crippen molar-refractivity contribution in [3.05, 3.63) is 59.7 Å². The van der Waals surface area contributed by atoms with Gasteiger partial charge in [0.15, 0.2) is 6.17 Å². The second-order valence-electron chi connectivity index (χ2n) is 13.9. The summed E-state index contributed by atoms with van der Waals surface area (Å²) in [6.07, 6.45) is 0.0224. The quantitative estimate of drug-likeness (QED) is 0.0283. The minimum Gasteiger partial charge on any atom is -0.426 e. The Kier molecular flexibility index (Phi) is 21.1. The van der Waals surface area contributed by atoms with E-state index in [4.69, 9.17) is 17.2 Å². The molecule has 0 bridgehead atoms. The zero-order valence-electron chi connectivity index (χ0n) is 33.2. The molecule has 2 aromatic carbocycles. The highest BCUT2D eigenvalue weighted by molar-refractivity contribution is 6.43. The summed E-state index contributed by atoms with van der Waals surface area (Å²) in [5.41, 5.74) is 20.2. The van der Waals surface area contributed by atoms with Gasteiger partial charge in [0.05, 0.1) is 18.5 Å². The lowest BCUT2D eigenvalue weighted by atomic mass is 9.81. The van der Waals surface area contributed by atoms with Gasteiger partial charge in [0.2, 0.25) is 29.5 Å². The van der Waals surface area contributed by atoms with Crippen LogP contribution in [0.5, 0.6) is 0 Å². The number of amides is 7. The van der Waals surface area contributed by atoms with Gasteiger partial charge in [0, 0.05) is 18.5 Å². The number of benzene rings is 2. The van der Waals surface area contributed by atoms with Crippen LogP contribution < -0.4 is 49.1 Å². The van der Waals surface area contributed by atoms with Crippen molar-refractivity contribution in [2.24, 2.45) is 17.2 Å². The van der Waals surface area contributed by atoms with Crippen LogP contribution in [0.2, 0.25) is 0 Å². The molecule has 0 heterocycles. The Morgan fingerprint density at radius 3 is 1.90 bits per heavy atom. The number of aliphatic hydroxyl groups is 1. The smallest absolute Gasteiger partial charge is 0.426 e. The first-order valence-electron chi connectivity index (χ1n) is 19.2. The van der Waals surface area contributed by atoms with Gasteiger partial charge in [-0.2, -0.15) is 0 Å². The maximum absolute atomic E-state index is 13.4. The van der Waals surface area contributed by atoms with Crippen molar-refractivity contribution in [1.82, 2.24) is 31.9 Å². The van der Waals surface area contributed by atoms with Crippen molar-refractivity contribution in [3.8, 4) is 11.1 Å². The molecule has 0 aromatic heterocycles. The average Bonchev–Trinajstić information content (AvgIpc) is 3.18. The highest BCUT2D eigenvalue weighted by Crippen LogP contribution is 2.21. The van der Waals surface area contributed by atoms with Crippen LogP contribution in [0.15, 0.2) is 48.5 Å². The van der Waals surface area contributed by atoms with Gasteiger partial charge < -0.3 is 64.3 Å². The van der Waals surface area contributed by atoms with Gasteiger partial charge in [-0.15, -0.1) is 0 Å². The fourth-order valence-electron chi connectivity index (χ4n) is 5.52. The molecular formula is C38H58BN9O10. The van der Waals surface area contributed by atoms with E-state index in [1.165, 1.54) is 19.4 Å². The minimum absolute atomic E-state index is 0.0498. The predicted octanol–water partition coefficient (Wildman–Crippen LogP) is -2.43. The fourth-order valence-corrected chi connectivity index (χ4v) is 5.52. The van der Waals surface area contributed by atoms with Gasteiger partial charge in [-0.3, -0.25) is 33.6 Å². The van der Waals surface area contributed by atoms with Crippen molar-refractivity contribution in [3.63, 3.8) is 0 Å². The number of carbonyl (C=O) groups excluding carboxylic acids is 7. The predicted molar refractivity (Wildman–Crippen MR) is 216 cm³/mol. The summed E-state index contributed by atoms with van der Waals surface area (Å²) >= 11 is 0. The molecule has 0 saturated heterocycles. The summed E-state index contributed by atoms with van der Waals surface area (Å²) in [4.78, 5) is 89.0. The Bertz CT molecular complexity index is 1680. The molecule has 2 rings (SSSR count). The number of nitrogens with two attached hydrogens (primary N) is 3. The van der Waals surface area contributed by atoms with Crippen LogP contribution in [0.3, 0.4) is 0 Å². The molecule has 6 atom stereocenters. The standard InChI is InChI=1S/C38H58BN9O10/c1-4-5-8-24-10-12-25(13-11-24)26-14-16-27(17-15-26)34(52)43-20-18-31(51)45-28(9-6-7-19-40)35(53)47-32(22(2)49)37(55)48-33(42)38(56)46-29(21-30(41)50)36(54)44-23(3)39(57)58/h10-17,22-23,28-29,32-33,49,57-58H,4-9,18-21,40,42H2,1-3H3,(H2,41,50)(H,43,52)(H,44,54)(H,45,51)(H,46,56)(H,47,53)(H,48,55)/t22?,23-,28+,29?,32+,33-/m1/s1. The van der Waals surface area contributed by atoms with Gasteiger partial charge in [0.1, 0.15) is 18.1 Å². The number of aliphatic hydroxyl groups excluding tert-OH is 1. The molecule has 0 aliphatic rings. The lowest BCUT2D eigenvalue weighted by Crippen LogP contribution is -2.63. The van der Waals surface area contributed by atoms with E-state index in [9.17, 15) is 48.7 Å². The van der Waals surface area contributed by atoms with E-state index < -0.39 is 91.2 Å². The normalized spacial score (nSPS) is 14.0. The number of hydrogen-bond acceptors (Lipinski definition) is 12. The Labute approximate surface area is 338 Å². The Morgan fingerprint density at radius 2 is 1.34 bits per heavy atom. The maximum atomic E-state index is 13.4. The number of rotatable bonds is 25. The van der Waals surface area contributed by atoms with E-state index in [0.29, 0.717) is 24.9 Å². The van der Waals surface area contributed by atoms with Gasteiger partial charge >= 0.3 is 7.12 Å².